The number of nitrogens with one attached hydrogen (secondary N) is 1. The molecule has 0 spiro atoms. The molecule has 1 saturated heterocycles. The smallest absolute Gasteiger partial charge is 0.373 e. The molecular weight excluding hydrogens is 599 g/mol. The Hall–Kier alpha value is -4.10. The van der Waals surface area contributed by atoms with Crippen molar-refractivity contribution in [3.63, 3.8) is 0 Å². The molecule has 3 aromatic rings. The van der Waals surface area contributed by atoms with E-state index < -0.39 is 28.8 Å². The van der Waals surface area contributed by atoms with Crippen molar-refractivity contribution in [3.8, 4) is 11.5 Å². The Morgan fingerprint density at radius 3 is 2.56 bits per heavy atom. The van der Waals surface area contributed by atoms with Crippen LogP contribution < -0.4 is 14.8 Å². The third-order valence-corrected chi connectivity index (χ3v) is 6.76. The van der Waals surface area contributed by atoms with Gasteiger partial charge in [0.2, 0.25) is 5.76 Å². The summed E-state index contributed by atoms with van der Waals surface area (Å²) >= 11 is 4.14. The summed E-state index contributed by atoms with van der Waals surface area (Å²) < 4.78 is 34.5. The number of halogens is 2. The zero-order chi connectivity index (χ0) is 28.1. The number of hydrogen-bond acceptors (Lipinski definition) is 9. The number of furan rings is 1. The number of rotatable bonds is 9. The first-order chi connectivity index (χ1) is 18.7. The number of amides is 3. The second kappa shape index (κ2) is 12.2. The zero-order valence-electron chi connectivity index (χ0n) is 20.5. The van der Waals surface area contributed by atoms with Crippen LogP contribution in [-0.2, 0) is 20.9 Å². The van der Waals surface area contributed by atoms with Crippen LogP contribution in [0.15, 0.2) is 62.3 Å². The van der Waals surface area contributed by atoms with E-state index in [1.54, 1.807) is 12.1 Å². The van der Waals surface area contributed by atoms with Crippen LogP contribution >= 0.6 is 27.7 Å². The van der Waals surface area contributed by atoms with Gasteiger partial charge in [0.15, 0.2) is 18.1 Å². The number of thioether (sulfide) groups is 1. The number of ether oxygens (including phenoxy) is 3. The SMILES string of the molecule is COC(=O)c1ccc(CN2C(=O)S/C(=C/c3cc(Br)c(OCC(=O)Nc4ccc(F)cc4)c(OC)c3)C2=O)o1. The standard InChI is InChI=1S/C26H20BrFN2O8S/c1-35-20-10-14(9-18(27)23(20)37-13-22(31)29-16-5-3-15(28)4-6-16)11-21-24(32)30(26(34)39-21)12-17-7-8-19(38-17)25(33)36-2/h3-11H,12-13H2,1-2H3,(H,29,31)/b21-11+. The number of esters is 1. The highest BCUT2D eigenvalue weighted by Crippen LogP contribution is 2.39. The number of carbonyl (C=O) groups excluding carboxylic acids is 4. The van der Waals surface area contributed by atoms with E-state index in [-0.39, 0.29) is 41.1 Å². The van der Waals surface area contributed by atoms with Crippen LogP contribution in [0.2, 0.25) is 0 Å². The Morgan fingerprint density at radius 2 is 1.87 bits per heavy atom. The molecule has 13 heteroatoms. The van der Waals surface area contributed by atoms with Gasteiger partial charge in [0.05, 0.1) is 30.1 Å². The van der Waals surface area contributed by atoms with Crippen molar-refractivity contribution in [2.75, 3.05) is 26.1 Å². The van der Waals surface area contributed by atoms with Crippen LogP contribution in [0, 0.1) is 5.82 Å². The van der Waals surface area contributed by atoms with Crippen LogP contribution in [0.25, 0.3) is 6.08 Å². The average Bonchev–Trinajstić information content (AvgIpc) is 3.49. The fourth-order valence-electron chi connectivity index (χ4n) is 3.45. The van der Waals surface area contributed by atoms with Crippen molar-refractivity contribution in [3.05, 3.63) is 80.8 Å². The molecule has 202 valence electrons. The van der Waals surface area contributed by atoms with E-state index in [0.717, 1.165) is 16.7 Å². The topological polar surface area (TPSA) is 124 Å². The predicted octanol–water partition coefficient (Wildman–Crippen LogP) is 5.23. The van der Waals surface area contributed by atoms with E-state index >= 15 is 0 Å². The van der Waals surface area contributed by atoms with Gasteiger partial charge in [0, 0.05) is 5.69 Å². The van der Waals surface area contributed by atoms with Crippen molar-refractivity contribution < 1.29 is 42.2 Å². The van der Waals surface area contributed by atoms with Gasteiger partial charge in [0.25, 0.3) is 17.1 Å². The van der Waals surface area contributed by atoms with Gasteiger partial charge < -0.3 is 23.9 Å². The summed E-state index contributed by atoms with van der Waals surface area (Å²) in [4.78, 5) is 50.4. The Balaban J connectivity index is 1.45. The van der Waals surface area contributed by atoms with E-state index in [0.29, 0.717) is 15.7 Å². The van der Waals surface area contributed by atoms with Crippen LogP contribution in [0.5, 0.6) is 11.5 Å². The fraction of sp³-hybridized carbons (Fsp3) is 0.154. The lowest BCUT2D eigenvalue weighted by Crippen LogP contribution is -2.27. The minimum Gasteiger partial charge on any atom is -0.493 e. The summed E-state index contributed by atoms with van der Waals surface area (Å²) in [7, 11) is 2.63. The monoisotopic (exact) mass is 618 g/mol. The molecule has 0 aliphatic carbocycles. The molecule has 2 aromatic carbocycles. The second-order valence-corrected chi connectivity index (χ2v) is 9.75. The third kappa shape index (κ3) is 6.67. The molecule has 39 heavy (non-hydrogen) atoms. The zero-order valence-corrected chi connectivity index (χ0v) is 22.9. The van der Waals surface area contributed by atoms with Gasteiger partial charge >= 0.3 is 5.97 Å². The van der Waals surface area contributed by atoms with Gasteiger partial charge in [-0.25, -0.2) is 9.18 Å². The van der Waals surface area contributed by atoms with Gasteiger partial charge in [-0.1, -0.05) is 0 Å². The van der Waals surface area contributed by atoms with Crippen LogP contribution in [0.4, 0.5) is 14.9 Å². The van der Waals surface area contributed by atoms with Crippen molar-refractivity contribution >= 4 is 62.5 Å². The summed E-state index contributed by atoms with van der Waals surface area (Å²) in [5.74, 6) is -1.37. The number of hydrogen-bond donors (Lipinski definition) is 1. The normalized spacial score (nSPS) is 14.1. The van der Waals surface area contributed by atoms with Gasteiger partial charge in [0.1, 0.15) is 11.6 Å². The molecule has 1 aliphatic heterocycles. The molecule has 0 radical (unpaired) electrons. The Morgan fingerprint density at radius 1 is 1.13 bits per heavy atom. The van der Waals surface area contributed by atoms with E-state index in [4.69, 9.17) is 13.9 Å². The molecule has 2 heterocycles. The van der Waals surface area contributed by atoms with E-state index in [9.17, 15) is 23.6 Å². The molecule has 1 N–H and O–H groups in total. The van der Waals surface area contributed by atoms with Crippen molar-refractivity contribution in [2.45, 2.75) is 6.54 Å². The summed E-state index contributed by atoms with van der Waals surface area (Å²) in [5.41, 5.74) is 0.939. The lowest BCUT2D eigenvalue weighted by molar-refractivity contribution is -0.123. The summed E-state index contributed by atoms with van der Waals surface area (Å²) in [5, 5.41) is 2.09. The number of benzene rings is 2. The molecule has 1 aromatic heterocycles. The number of anilines is 1. The van der Waals surface area contributed by atoms with Gasteiger partial charge in [-0.2, -0.15) is 0 Å². The fourth-order valence-corrected chi connectivity index (χ4v) is 4.86. The van der Waals surface area contributed by atoms with Crippen LogP contribution in [0.3, 0.4) is 0 Å². The van der Waals surface area contributed by atoms with Gasteiger partial charge in [-0.3, -0.25) is 19.3 Å². The molecule has 3 amide bonds. The summed E-state index contributed by atoms with van der Waals surface area (Å²) in [6.45, 7) is -0.506. The molecular formula is C26H20BrFN2O8S. The average molecular weight is 619 g/mol. The molecule has 0 bridgehead atoms. The summed E-state index contributed by atoms with van der Waals surface area (Å²) in [6, 6.07) is 11.4. The van der Waals surface area contributed by atoms with E-state index in [1.807, 2.05) is 0 Å². The highest BCUT2D eigenvalue weighted by Gasteiger charge is 2.36. The minimum absolute atomic E-state index is 0.0396. The maximum absolute atomic E-state index is 13.0. The third-order valence-electron chi connectivity index (χ3n) is 5.26. The predicted molar refractivity (Wildman–Crippen MR) is 143 cm³/mol. The first kappa shape index (κ1) is 27.9. The number of carbonyl (C=O) groups is 4. The van der Waals surface area contributed by atoms with Crippen molar-refractivity contribution in [2.24, 2.45) is 0 Å². The van der Waals surface area contributed by atoms with E-state index in [1.165, 1.54) is 56.7 Å². The maximum Gasteiger partial charge on any atom is 0.373 e. The van der Waals surface area contributed by atoms with E-state index in [2.05, 4.69) is 26.0 Å². The Kier molecular flexibility index (Phi) is 8.72. The first-order valence-electron chi connectivity index (χ1n) is 11.2. The highest BCUT2D eigenvalue weighted by molar-refractivity contribution is 9.10. The number of imide groups is 1. The molecule has 0 atom stereocenters. The number of methoxy groups -OCH3 is 2. The molecule has 10 nitrogen and oxygen atoms in total. The van der Waals surface area contributed by atoms with Gasteiger partial charge in [-0.15, -0.1) is 0 Å². The Bertz CT molecular complexity index is 1470. The molecule has 0 unspecified atom stereocenters. The van der Waals surface area contributed by atoms with Crippen LogP contribution in [0.1, 0.15) is 21.9 Å². The quantitative estimate of drug-likeness (QED) is 0.253. The molecule has 4 rings (SSSR count). The Labute approximate surface area is 234 Å². The van der Waals surface area contributed by atoms with Crippen molar-refractivity contribution in [1.29, 1.82) is 0 Å². The number of nitrogens with zero attached hydrogens (tertiary/aromatic N) is 1. The molecule has 1 fully saturated rings. The highest BCUT2D eigenvalue weighted by atomic mass is 79.9. The minimum atomic E-state index is -0.671. The van der Waals surface area contributed by atoms with Crippen LogP contribution in [-0.4, -0.2) is 48.7 Å². The lowest BCUT2D eigenvalue weighted by atomic mass is 10.2. The molecule has 0 saturated carbocycles. The summed E-state index contributed by atoms with van der Waals surface area (Å²) in [6.07, 6.45) is 1.52. The molecule has 1 aliphatic rings. The van der Waals surface area contributed by atoms with Crippen molar-refractivity contribution in [1.82, 2.24) is 4.90 Å². The largest absolute Gasteiger partial charge is 0.493 e. The maximum atomic E-state index is 13.0. The van der Waals surface area contributed by atoms with Gasteiger partial charge in [-0.05, 0) is 87.9 Å². The lowest BCUT2D eigenvalue weighted by Gasteiger charge is -2.14. The second-order valence-electron chi connectivity index (χ2n) is 7.90. The first-order valence-corrected chi connectivity index (χ1v) is 12.8.